The molecule has 0 aromatic rings. The minimum atomic E-state index is -0.331. The van der Waals surface area contributed by atoms with Crippen LogP contribution >= 0.6 is 0 Å². The van der Waals surface area contributed by atoms with Crippen molar-refractivity contribution in [3.8, 4) is 0 Å². The Balaban J connectivity index is 1.81. The van der Waals surface area contributed by atoms with Crippen LogP contribution in [0, 0.1) is 11.8 Å². The van der Waals surface area contributed by atoms with E-state index in [0.29, 0.717) is 5.92 Å². The Morgan fingerprint density at radius 2 is 1.95 bits per heavy atom. The van der Waals surface area contributed by atoms with Crippen LogP contribution in [0.15, 0.2) is 0 Å². The van der Waals surface area contributed by atoms with Crippen LogP contribution in [-0.2, 0) is 9.59 Å². The Morgan fingerprint density at radius 1 is 1.21 bits per heavy atom. The van der Waals surface area contributed by atoms with Gasteiger partial charge in [0.15, 0.2) is 0 Å². The van der Waals surface area contributed by atoms with Gasteiger partial charge in [-0.05, 0) is 57.4 Å². The maximum absolute atomic E-state index is 12.2. The average Bonchev–Trinajstić information content (AvgIpc) is 2.64. The summed E-state index contributed by atoms with van der Waals surface area (Å²) < 4.78 is 0. The second-order valence-electron chi connectivity index (χ2n) is 5.80. The van der Waals surface area contributed by atoms with Crippen molar-refractivity contribution in [2.75, 3.05) is 13.1 Å². The molecule has 2 aliphatic rings. The monoisotopic (exact) mass is 267 g/mol. The minimum absolute atomic E-state index is 0.0264. The van der Waals surface area contributed by atoms with E-state index in [-0.39, 0.29) is 23.8 Å². The molecule has 5 heteroatoms. The first-order valence-corrected chi connectivity index (χ1v) is 7.49. The summed E-state index contributed by atoms with van der Waals surface area (Å²) in [6.45, 7) is 1.45. The molecule has 0 spiro atoms. The van der Waals surface area contributed by atoms with Gasteiger partial charge in [0.2, 0.25) is 11.8 Å². The number of carbonyl (C=O) groups excluding carboxylic acids is 2. The highest BCUT2D eigenvalue weighted by Gasteiger charge is 2.29. The molecule has 5 nitrogen and oxygen atoms in total. The Bertz CT molecular complexity index is 325. The predicted molar refractivity (Wildman–Crippen MR) is 73.3 cm³/mol. The number of rotatable bonds is 3. The normalized spacial score (nSPS) is 32.3. The topological polar surface area (TPSA) is 84.2 Å². The third-order valence-electron chi connectivity index (χ3n) is 4.40. The molecular formula is C14H25N3O2. The zero-order valence-corrected chi connectivity index (χ0v) is 11.5. The summed E-state index contributed by atoms with van der Waals surface area (Å²) >= 11 is 0. The minimum Gasteiger partial charge on any atom is -0.354 e. The van der Waals surface area contributed by atoms with Gasteiger partial charge in [-0.1, -0.05) is 0 Å². The summed E-state index contributed by atoms with van der Waals surface area (Å²) in [4.78, 5) is 24.0. The number of amides is 2. The van der Waals surface area contributed by atoms with Crippen molar-refractivity contribution in [3.05, 3.63) is 0 Å². The van der Waals surface area contributed by atoms with Crippen LogP contribution in [0.2, 0.25) is 0 Å². The fourth-order valence-electron chi connectivity index (χ4n) is 3.03. The number of hydrogen-bond donors (Lipinski definition) is 3. The lowest BCUT2D eigenvalue weighted by Gasteiger charge is -2.28. The predicted octanol–water partition coefficient (Wildman–Crippen LogP) is 0.536. The summed E-state index contributed by atoms with van der Waals surface area (Å²) in [6.07, 6.45) is 6.63. The standard InChI is InChI=1S/C14H25N3O2/c15-9-10-4-6-11(7-5-10)13(18)17-12-3-1-2-8-16-14(12)19/h10-12H,1-9,15H2,(H,16,19)(H,17,18). The Hall–Kier alpha value is -1.10. The lowest BCUT2D eigenvalue weighted by Crippen LogP contribution is -2.47. The van der Waals surface area contributed by atoms with Crippen molar-refractivity contribution >= 4 is 11.8 Å². The molecule has 108 valence electrons. The maximum Gasteiger partial charge on any atom is 0.242 e. The van der Waals surface area contributed by atoms with Gasteiger partial charge in [-0.3, -0.25) is 9.59 Å². The van der Waals surface area contributed by atoms with Crippen LogP contribution in [0.1, 0.15) is 44.9 Å². The smallest absolute Gasteiger partial charge is 0.242 e. The van der Waals surface area contributed by atoms with Gasteiger partial charge in [-0.2, -0.15) is 0 Å². The first-order valence-electron chi connectivity index (χ1n) is 7.49. The number of nitrogens with two attached hydrogens (primary N) is 1. The first-order chi connectivity index (χ1) is 9.20. The molecule has 1 saturated heterocycles. The zero-order chi connectivity index (χ0) is 13.7. The molecular weight excluding hydrogens is 242 g/mol. The largest absolute Gasteiger partial charge is 0.354 e. The van der Waals surface area contributed by atoms with Crippen LogP contribution < -0.4 is 16.4 Å². The summed E-state index contributed by atoms with van der Waals surface area (Å²) in [5.41, 5.74) is 5.66. The van der Waals surface area contributed by atoms with Crippen LogP contribution in [-0.4, -0.2) is 30.9 Å². The van der Waals surface area contributed by atoms with E-state index in [1.807, 2.05) is 0 Å². The SMILES string of the molecule is NCC1CCC(C(=O)NC2CCCCNC2=O)CC1. The van der Waals surface area contributed by atoms with Gasteiger partial charge >= 0.3 is 0 Å². The lowest BCUT2D eigenvalue weighted by molar-refractivity contribution is -0.131. The molecule has 1 heterocycles. The van der Waals surface area contributed by atoms with Gasteiger partial charge in [0, 0.05) is 12.5 Å². The van der Waals surface area contributed by atoms with Crippen molar-refractivity contribution in [2.24, 2.45) is 17.6 Å². The summed E-state index contributed by atoms with van der Waals surface area (Å²) in [6, 6.07) is -0.331. The second-order valence-corrected chi connectivity index (χ2v) is 5.80. The zero-order valence-electron chi connectivity index (χ0n) is 11.5. The molecule has 1 aliphatic heterocycles. The van der Waals surface area contributed by atoms with Crippen LogP contribution in [0.5, 0.6) is 0 Å². The molecule has 1 unspecified atom stereocenters. The van der Waals surface area contributed by atoms with E-state index >= 15 is 0 Å². The third kappa shape index (κ3) is 3.93. The van der Waals surface area contributed by atoms with Crippen LogP contribution in [0.25, 0.3) is 0 Å². The molecule has 1 aliphatic carbocycles. The lowest BCUT2D eigenvalue weighted by atomic mass is 9.81. The van der Waals surface area contributed by atoms with Crippen LogP contribution in [0.4, 0.5) is 0 Å². The van der Waals surface area contributed by atoms with E-state index in [9.17, 15) is 9.59 Å². The van der Waals surface area contributed by atoms with Crippen molar-refractivity contribution in [1.29, 1.82) is 0 Å². The van der Waals surface area contributed by atoms with E-state index in [2.05, 4.69) is 10.6 Å². The molecule has 0 radical (unpaired) electrons. The van der Waals surface area contributed by atoms with E-state index in [1.54, 1.807) is 0 Å². The first kappa shape index (κ1) is 14.3. The number of nitrogens with one attached hydrogen (secondary N) is 2. The molecule has 1 atom stereocenters. The number of hydrogen-bond acceptors (Lipinski definition) is 3. The van der Waals surface area contributed by atoms with Gasteiger partial charge in [0.25, 0.3) is 0 Å². The fourth-order valence-corrected chi connectivity index (χ4v) is 3.03. The summed E-state index contributed by atoms with van der Waals surface area (Å²) in [5, 5.41) is 5.78. The molecule has 0 bridgehead atoms. The molecule has 2 rings (SSSR count). The highest BCUT2D eigenvalue weighted by molar-refractivity contribution is 5.88. The molecule has 2 amide bonds. The molecule has 0 aromatic carbocycles. The van der Waals surface area contributed by atoms with Gasteiger partial charge in [-0.15, -0.1) is 0 Å². The second kappa shape index (κ2) is 6.89. The van der Waals surface area contributed by atoms with Crippen molar-refractivity contribution in [1.82, 2.24) is 10.6 Å². The Morgan fingerprint density at radius 3 is 2.63 bits per heavy atom. The van der Waals surface area contributed by atoms with Crippen molar-refractivity contribution < 1.29 is 9.59 Å². The molecule has 19 heavy (non-hydrogen) atoms. The van der Waals surface area contributed by atoms with Gasteiger partial charge in [-0.25, -0.2) is 0 Å². The summed E-state index contributed by atoms with van der Waals surface area (Å²) in [5.74, 6) is 0.670. The quantitative estimate of drug-likeness (QED) is 0.697. The van der Waals surface area contributed by atoms with Crippen molar-refractivity contribution in [2.45, 2.75) is 51.0 Å². The van der Waals surface area contributed by atoms with Gasteiger partial charge in [0.05, 0.1) is 0 Å². The Labute approximate surface area is 114 Å². The maximum atomic E-state index is 12.2. The van der Waals surface area contributed by atoms with E-state index in [4.69, 9.17) is 5.73 Å². The molecule has 0 aromatic heterocycles. The highest BCUT2D eigenvalue weighted by atomic mass is 16.2. The summed E-state index contributed by atoms with van der Waals surface area (Å²) in [7, 11) is 0. The van der Waals surface area contributed by atoms with Crippen LogP contribution in [0.3, 0.4) is 0 Å². The van der Waals surface area contributed by atoms with E-state index in [0.717, 1.165) is 58.0 Å². The van der Waals surface area contributed by atoms with Gasteiger partial charge < -0.3 is 16.4 Å². The van der Waals surface area contributed by atoms with Crippen molar-refractivity contribution in [3.63, 3.8) is 0 Å². The molecule has 2 fully saturated rings. The van der Waals surface area contributed by atoms with Gasteiger partial charge in [0.1, 0.15) is 6.04 Å². The van der Waals surface area contributed by atoms with E-state index in [1.165, 1.54) is 0 Å². The third-order valence-corrected chi connectivity index (χ3v) is 4.40. The molecule has 1 saturated carbocycles. The Kier molecular flexibility index (Phi) is 5.19. The molecule has 4 N–H and O–H groups in total. The van der Waals surface area contributed by atoms with E-state index < -0.39 is 0 Å². The fraction of sp³-hybridized carbons (Fsp3) is 0.857. The number of carbonyl (C=O) groups is 2. The highest BCUT2D eigenvalue weighted by Crippen LogP contribution is 2.28. The average molecular weight is 267 g/mol.